The molecule has 9 heteroatoms. The lowest BCUT2D eigenvalue weighted by atomic mass is 10.2. The number of nitro groups is 1. The number of nitriles is 1. The van der Waals surface area contributed by atoms with Crippen LogP contribution in [-0.4, -0.2) is 28.9 Å². The standard InChI is InChI=1S/C12H12N4O4S/c1-3-20-11(17)8-4-9(6-10(5-8)16(18)19)15-12(21-2)14-7-13/h4-6H,3H2,1-2H3,(H,14,15). The molecular formula is C12H12N4O4S. The largest absolute Gasteiger partial charge is 0.462 e. The Morgan fingerprint density at radius 3 is 2.81 bits per heavy atom. The number of carbonyl (C=O) groups is 1. The van der Waals surface area contributed by atoms with Gasteiger partial charge in [-0.25, -0.2) is 9.79 Å². The van der Waals surface area contributed by atoms with Crippen molar-refractivity contribution < 1.29 is 14.5 Å². The number of amidine groups is 1. The van der Waals surface area contributed by atoms with E-state index in [1.165, 1.54) is 12.1 Å². The summed E-state index contributed by atoms with van der Waals surface area (Å²) in [5.41, 5.74) is -0.0710. The van der Waals surface area contributed by atoms with E-state index in [1.807, 2.05) is 0 Å². The number of rotatable bonds is 4. The quantitative estimate of drug-likeness (QED) is 0.172. The lowest BCUT2D eigenvalue weighted by Crippen LogP contribution is -2.12. The highest BCUT2D eigenvalue weighted by Gasteiger charge is 2.15. The summed E-state index contributed by atoms with van der Waals surface area (Å²) in [7, 11) is 0. The second-order valence-electron chi connectivity index (χ2n) is 3.57. The zero-order valence-electron chi connectivity index (χ0n) is 11.3. The van der Waals surface area contributed by atoms with Crippen LogP contribution in [0.2, 0.25) is 0 Å². The second kappa shape index (κ2) is 7.86. The highest BCUT2D eigenvalue weighted by molar-refractivity contribution is 8.13. The van der Waals surface area contributed by atoms with Crippen molar-refractivity contribution in [3.63, 3.8) is 0 Å². The zero-order valence-corrected chi connectivity index (χ0v) is 12.1. The lowest BCUT2D eigenvalue weighted by molar-refractivity contribution is -0.384. The van der Waals surface area contributed by atoms with Gasteiger partial charge in [-0.15, -0.1) is 0 Å². The fourth-order valence-corrected chi connectivity index (χ4v) is 1.73. The number of carbonyl (C=O) groups excluding carboxylic acids is 1. The molecule has 0 unspecified atom stereocenters. The van der Waals surface area contributed by atoms with Crippen LogP contribution in [0.25, 0.3) is 0 Å². The smallest absolute Gasteiger partial charge is 0.338 e. The summed E-state index contributed by atoms with van der Waals surface area (Å²) < 4.78 is 4.81. The molecule has 1 aromatic rings. The number of nitrogens with zero attached hydrogens (tertiary/aromatic N) is 3. The maximum absolute atomic E-state index is 11.7. The van der Waals surface area contributed by atoms with Gasteiger partial charge in [-0.05, 0) is 19.2 Å². The number of hydrogen-bond donors (Lipinski definition) is 1. The Balaban J connectivity index is 3.29. The van der Waals surface area contributed by atoms with E-state index in [0.29, 0.717) is 0 Å². The summed E-state index contributed by atoms with van der Waals surface area (Å²) >= 11 is 1.16. The normalized spacial score (nSPS) is 10.6. The Kier molecular flexibility index (Phi) is 6.16. The van der Waals surface area contributed by atoms with Gasteiger partial charge in [0.2, 0.25) is 0 Å². The Morgan fingerprint density at radius 1 is 1.57 bits per heavy atom. The van der Waals surface area contributed by atoms with Crippen LogP contribution in [0.5, 0.6) is 0 Å². The molecular weight excluding hydrogens is 296 g/mol. The SMILES string of the molecule is CCOC(=O)c1cc(N=C(NC#N)SC)cc([N+](=O)[O-])c1. The van der Waals surface area contributed by atoms with Gasteiger partial charge < -0.3 is 4.74 Å². The van der Waals surface area contributed by atoms with Crippen molar-refractivity contribution in [2.75, 3.05) is 12.9 Å². The Bertz CT molecular complexity index is 624. The number of hydrogen-bond acceptors (Lipinski definition) is 7. The van der Waals surface area contributed by atoms with E-state index in [1.54, 1.807) is 19.4 Å². The van der Waals surface area contributed by atoms with Gasteiger partial charge in [-0.3, -0.25) is 15.4 Å². The summed E-state index contributed by atoms with van der Waals surface area (Å²) in [6.07, 6.45) is 3.39. The average molecular weight is 308 g/mol. The number of nitrogens with one attached hydrogen (secondary N) is 1. The molecule has 0 aromatic heterocycles. The van der Waals surface area contributed by atoms with Gasteiger partial charge in [-0.1, -0.05) is 11.8 Å². The third-order valence-electron chi connectivity index (χ3n) is 2.21. The fraction of sp³-hybridized carbons (Fsp3) is 0.250. The van der Waals surface area contributed by atoms with Crippen LogP contribution in [0.1, 0.15) is 17.3 Å². The van der Waals surface area contributed by atoms with Crippen LogP contribution < -0.4 is 5.32 Å². The maximum atomic E-state index is 11.7. The van der Waals surface area contributed by atoms with E-state index in [9.17, 15) is 14.9 Å². The van der Waals surface area contributed by atoms with Gasteiger partial charge in [0.05, 0.1) is 22.8 Å². The zero-order chi connectivity index (χ0) is 15.8. The first kappa shape index (κ1) is 16.5. The topological polar surface area (TPSA) is 118 Å². The van der Waals surface area contributed by atoms with Gasteiger partial charge >= 0.3 is 5.97 Å². The molecule has 0 fully saturated rings. The Hall–Kier alpha value is -2.60. The van der Waals surface area contributed by atoms with E-state index in [-0.39, 0.29) is 28.7 Å². The fourth-order valence-electron chi connectivity index (χ4n) is 1.39. The van der Waals surface area contributed by atoms with E-state index in [0.717, 1.165) is 17.8 Å². The molecule has 0 aliphatic carbocycles. The predicted molar refractivity (Wildman–Crippen MR) is 78.4 cm³/mol. The molecule has 0 aliphatic rings. The number of ether oxygens (including phenoxy) is 1. The molecule has 0 saturated heterocycles. The molecule has 0 saturated carbocycles. The van der Waals surface area contributed by atoms with Gasteiger partial charge in [0.15, 0.2) is 11.4 Å². The number of aliphatic imine (C=N–C) groups is 1. The number of esters is 1. The van der Waals surface area contributed by atoms with Gasteiger partial charge in [0.1, 0.15) is 0 Å². The van der Waals surface area contributed by atoms with Gasteiger partial charge in [0, 0.05) is 12.1 Å². The summed E-state index contributed by atoms with van der Waals surface area (Å²) in [6.45, 7) is 1.79. The second-order valence-corrected chi connectivity index (χ2v) is 4.37. The molecule has 0 bridgehead atoms. The third-order valence-corrected chi connectivity index (χ3v) is 2.79. The first-order chi connectivity index (χ1) is 10.0. The minimum Gasteiger partial charge on any atom is -0.462 e. The monoisotopic (exact) mass is 308 g/mol. The molecule has 0 heterocycles. The van der Waals surface area contributed by atoms with Crippen LogP contribution in [0.4, 0.5) is 11.4 Å². The molecule has 0 amide bonds. The number of non-ortho nitro benzene ring substituents is 1. The van der Waals surface area contributed by atoms with Crippen LogP contribution in [0.15, 0.2) is 23.2 Å². The molecule has 0 atom stereocenters. The average Bonchev–Trinajstić information content (AvgIpc) is 2.46. The van der Waals surface area contributed by atoms with Crippen LogP contribution >= 0.6 is 11.8 Å². The molecule has 1 aromatic carbocycles. The van der Waals surface area contributed by atoms with Crippen molar-refractivity contribution in [2.24, 2.45) is 4.99 Å². The molecule has 0 spiro atoms. The van der Waals surface area contributed by atoms with Gasteiger partial charge in [0.25, 0.3) is 5.69 Å². The van der Waals surface area contributed by atoms with Crippen molar-refractivity contribution >= 4 is 34.3 Å². The van der Waals surface area contributed by atoms with Crippen molar-refractivity contribution in [1.82, 2.24) is 5.32 Å². The Morgan fingerprint density at radius 2 is 2.29 bits per heavy atom. The molecule has 0 aliphatic heterocycles. The molecule has 8 nitrogen and oxygen atoms in total. The summed E-state index contributed by atoms with van der Waals surface area (Å²) in [4.78, 5) is 26.0. The Labute approximate surface area is 125 Å². The summed E-state index contributed by atoms with van der Waals surface area (Å²) in [6, 6.07) is 3.69. The van der Waals surface area contributed by atoms with Crippen LogP contribution in [0.3, 0.4) is 0 Å². The highest BCUT2D eigenvalue weighted by atomic mass is 32.2. The van der Waals surface area contributed by atoms with E-state index >= 15 is 0 Å². The van der Waals surface area contributed by atoms with Crippen molar-refractivity contribution in [3.05, 3.63) is 33.9 Å². The molecule has 0 radical (unpaired) electrons. The van der Waals surface area contributed by atoms with E-state index in [2.05, 4.69) is 10.3 Å². The van der Waals surface area contributed by atoms with Crippen LogP contribution in [-0.2, 0) is 4.74 Å². The molecule has 1 rings (SSSR count). The number of benzene rings is 1. The molecule has 21 heavy (non-hydrogen) atoms. The van der Waals surface area contributed by atoms with Crippen molar-refractivity contribution in [2.45, 2.75) is 6.92 Å². The first-order valence-corrected chi connectivity index (χ1v) is 6.98. The summed E-state index contributed by atoms with van der Waals surface area (Å²) in [5.74, 6) is -0.670. The van der Waals surface area contributed by atoms with Gasteiger partial charge in [-0.2, -0.15) is 5.26 Å². The third kappa shape index (κ3) is 4.77. The predicted octanol–water partition coefficient (Wildman–Crippen LogP) is 2.19. The van der Waals surface area contributed by atoms with Crippen molar-refractivity contribution in [1.29, 1.82) is 5.26 Å². The highest BCUT2D eigenvalue weighted by Crippen LogP contribution is 2.24. The van der Waals surface area contributed by atoms with Crippen molar-refractivity contribution in [3.8, 4) is 6.19 Å². The maximum Gasteiger partial charge on any atom is 0.338 e. The van der Waals surface area contributed by atoms with Crippen LogP contribution in [0, 0.1) is 21.6 Å². The summed E-state index contributed by atoms with van der Waals surface area (Å²) in [5, 5.41) is 22.1. The minimum absolute atomic E-state index is 0.0298. The molecule has 1 N–H and O–H groups in total. The lowest BCUT2D eigenvalue weighted by Gasteiger charge is -2.04. The van der Waals surface area contributed by atoms with E-state index in [4.69, 9.17) is 10.00 Å². The molecule has 110 valence electrons. The minimum atomic E-state index is -0.670. The van der Waals surface area contributed by atoms with E-state index < -0.39 is 10.9 Å². The first-order valence-electron chi connectivity index (χ1n) is 5.76. The number of thioether (sulfide) groups is 1. The number of nitro benzene ring substituents is 1.